The molecule has 0 spiro atoms. The van der Waals surface area contributed by atoms with Crippen LogP contribution >= 0.6 is 0 Å². The molecule has 0 saturated heterocycles. The van der Waals surface area contributed by atoms with Crippen LogP contribution < -0.4 is 0 Å². The third-order valence-electron chi connectivity index (χ3n) is 13.2. The molecule has 0 atom stereocenters. The first-order valence-corrected chi connectivity index (χ1v) is 21.8. The lowest BCUT2D eigenvalue weighted by atomic mass is 9.99. The standard InChI is InChI=1S/C59H36N4O/c1-3-14-39(15-4-1)61-53-25-12-9-20-46(53)58-55(61)31-29-50(60-58)38-26-30-54-47(35-38)44-19-8-10-23-51(44)62(54)41-28-33-57-49(36-41)48-34-37(27-32-56(48)64-57)42-21-13-22-45-43-18-7-11-24-52(43)63(59(42)45)40-16-5-2-6-17-40/h1-36H. The molecule has 5 nitrogen and oxygen atoms in total. The number of furan rings is 1. The smallest absolute Gasteiger partial charge is 0.135 e. The van der Waals surface area contributed by atoms with Gasteiger partial charge in [0, 0.05) is 65.9 Å². The van der Waals surface area contributed by atoms with Gasteiger partial charge in [-0.2, -0.15) is 0 Å². The van der Waals surface area contributed by atoms with Crippen molar-refractivity contribution in [1.29, 1.82) is 0 Å². The van der Waals surface area contributed by atoms with Gasteiger partial charge in [0.1, 0.15) is 11.2 Å². The van der Waals surface area contributed by atoms with Gasteiger partial charge in [0.2, 0.25) is 0 Å². The van der Waals surface area contributed by atoms with Gasteiger partial charge in [0.05, 0.1) is 44.3 Å². The second-order valence-corrected chi connectivity index (χ2v) is 16.7. The van der Waals surface area contributed by atoms with Crippen molar-refractivity contribution in [2.75, 3.05) is 0 Å². The quantitative estimate of drug-likeness (QED) is 0.174. The number of hydrogen-bond donors (Lipinski definition) is 0. The molecule has 0 N–H and O–H groups in total. The minimum Gasteiger partial charge on any atom is -0.456 e. The molecule has 5 heteroatoms. The van der Waals surface area contributed by atoms with E-state index in [2.05, 4.69) is 232 Å². The van der Waals surface area contributed by atoms with Crippen molar-refractivity contribution in [3.05, 3.63) is 218 Å². The Hall–Kier alpha value is -8.67. The summed E-state index contributed by atoms with van der Waals surface area (Å²) in [5, 5.41) is 8.17. The van der Waals surface area contributed by atoms with Gasteiger partial charge in [0.25, 0.3) is 0 Å². The van der Waals surface area contributed by atoms with Crippen molar-refractivity contribution in [3.63, 3.8) is 0 Å². The molecule has 64 heavy (non-hydrogen) atoms. The van der Waals surface area contributed by atoms with E-state index < -0.39 is 0 Å². The van der Waals surface area contributed by atoms with E-state index in [-0.39, 0.29) is 0 Å². The van der Waals surface area contributed by atoms with Crippen molar-refractivity contribution in [3.8, 4) is 39.4 Å². The van der Waals surface area contributed by atoms with E-state index in [0.717, 1.165) is 88.8 Å². The molecule has 14 aromatic rings. The van der Waals surface area contributed by atoms with Crippen LogP contribution in [0, 0.1) is 0 Å². The van der Waals surface area contributed by atoms with Gasteiger partial charge < -0.3 is 18.1 Å². The molecule has 0 aliphatic rings. The summed E-state index contributed by atoms with van der Waals surface area (Å²) >= 11 is 0. The Morgan fingerprint density at radius 1 is 0.312 bits per heavy atom. The lowest BCUT2D eigenvalue weighted by Gasteiger charge is -2.12. The zero-order chi connectivity index (χ0) is 41.9. The third-order valence-corrected chi connectivity index (χ3v) is 13.2. The SMILES string of the molecule is c1ccc(-n2c3ccccc3c3nc(-c4ccc5c(c4)c4ccccc4n5-c4ccc5oc6ccc(-c7cccc8c9ccccc9n(-c9ccccc9)c78)cc6c5c4)ccc32)cc1. The Morgan fingerprint density at radius 2 is 0.844 bits per heavy atom. The van der Waals surface area contributed by atoms with Gasteiger partial charge in [-0.3, -0.25) is 0 Å². The van der Waals surface area contributed by atoms with E-state index in [0.29, 0.717) is 0 Å². The highest BCUT2D eigenvalue weighted by Crippen LogP contribution is 2.42. The van der Waals surface area contributed by atoms with Crippen molar-refractivity contribution >= 4 is 87.5 Å². The zero-order valence-electron chi connectivity index (χ0n) is 34.5. The van der Waals surface area contributed by atoms with Crippen LogP contribution in [0.1, 0.15) is 0 Å². The normalized spacial score (nSPS) is 12.1. The summed E-state index contributed by atoms with van der Waals surface area (Å²) in [4.78, 5) is 5.37. The molecule has 0 bridgehead atoms. The average Bonchev–Trinajstić information content (AvgIpc) is 4.10. The highest BCUT2D eigenvalue weighted by molar-refractivity contribution is 6.16. The number of nitrogens with zero attached hydrogens (tertiary/aromatic N) is 4. The second kappa shape index (κ2) is 13.4. The summed E-state index contributed by atoms with van der Waals surface area (Å²) in [6.07, 6.45) is 0. The Balaban J connectivity index is 0.920. The van der Waals surface area contributed by atoms with Crippen molar-refractivity contribution in [1.82, 2.24) is 18.7 Å². The number of para-hydroxylation sites is 6. The summed E-state index contributed by atoms with van der Waals surface area (Å²) in [5.41, 5.74) is 17.4. The molecule has 298 valence electrons. The number of aromatic nitrogens is 4. The fourth-order valence-corrected chi connectivity index (χ4v) is 10.4. The molecule has 14 rings (SSSR count). The van der Waals surface area contributed by atoms with Gasteiger partial charge >= 0.3 is 0 Å². The summed E-state index contributed by atoms with van der Waals surface area (Å²) in [6.45, 7) is 0. The van der Waals surface area contributed by atoms with Crippen LogP contribution in [0.25, 0.3) is 127 Å². The highest BCUT2D eigenvalue weighted by Gasteiger charge is 2.20. The third kappa shape index (κ3) is 5.03. The minimum atomic E-state index is 0.866. The lowest BCUT2D eigenvalue weighted by Crippen LogP contribution is -1.95. The topological polar surface area (TPSA) is 40.8 Å². The largest absolute Gasteiger partial charge is 0.456 e. The maximum absolute atomic E-state index is 6.54. The number of pyridine rings is 1. The monoisotopic (exact) mass is 816 g/mol. The van der Waals surface area contributed by atoms with Gasteiger partial charge in [0.15, 0.2) is 0 Å². The fourth-order valence-electron chi connectivity index (χ4n) is 10.4. The molecule has 0 aliphatic carbocycles. The molecular formula is C59H36N4O. The van der Waals surface area contributed by atoms with Gasteiger partial charge in [-0.15, -0.1) is 0 Å². The first-order chi connectivity index (χ1) is 31.7. The molecule has 0 amide bonds. The molecule has 0 aliphatic heterocycles. The first kappa shape index (κ1) is 35.0. The van der Waals surface area contributed by atoms with E-state index in [1.54, 1.807) is 0 Å². The summed E-state index contributed by atoms with van der Waals surface area (Å²) in [7, 11) is 0. The van der Waals surface area contributed by atoms with Crippen molar-refractivity contribution in [2.24, 2.45) is 0 Å². The van der Waals surface area contributed by atoms with Crippen LogP contribution in [0.4, 0.5) is 0 Å². The number of benzene rings is 9. The summed E-state index contributed by atoms with van der Waals surface area (Å²) in [5.74, 6) is 0. The number of hydrogen-bond acceptors (Lipinski definition) is 2. The van der Waals surface area contributed by atoms with E-state index in [1.807, 2.05) is 0 Å². The zero-order valence-corrected chi connectivity index (χ0v) is 34.5. The predicted molar refractivity (Wildman–Crippen MR) is 265 cm³/mol. The molecule has 5 aromatic heterocycles. The predicted octanol–water partition coefficient (Wildman–Crippen LogP) is 15.6. The van der Waals surface area contributed by atoms with E-state index in [1.165, 1.54) is 38.1 Å². The van der Waals surface area contributed by atoms with Crippen LogP contribution in [0.3, 0.4) is 0 Å². The van der Waals surface area contributed by atoms with Crippen LogP contribution in [-0.4, -0.2) is 18.7 Å². The first-order valence-electron chi connectivity index (χ1n) is 21.8. The van der Waals surface area contributed by atoms with Gasteiger partial charge in [-0.25, -0.2) is 4.98 Å². The lowest BCUT2D eigenvalue weighted by molar-refractivity contribution is 0.669. The molecule has 0 fully saturated rings. The van der Waals surface area contributed by atoms with Crippen LogP contribution in [0.15, 0.2) is 223 Å². The maximum Gasteiger partial charge on any atom is 0.135 e. The van der Waals surface area contributed by atoms with Gasteiger partial charge in [-0.05, 0) is 103 Å². The van der Waals surface area contributed by atoms with Crippen molar-refractivity contribution in [2.45, 2.75) is 0 Å². The Morgan fingerprint density at radius 3 is 1.61 bits per heavy atom. The van der Waals surface area contributed by atoms with Crippen LogP contribution in [0.5, 0.6) is 0 Å². The van der Waals surface area contributed by atoms with Gasteiger partial charge in [-0.1, -0.05) is 121 Å². The van der Waals surface area contributed by atoms with E-state index >= 15 is 0 Å². The van der Waals surface area contributed by atoms with E-state index in [9.17, 15) is 0 Å². The molecule has 0 saturated carbocycles. The molecule has 5 heterocycles. The molecule has 9 aromatic carbocycles. The number of fused-ring (bicyclic) bond motifs is 12. The molecule has 0 radical (unpaired) electrons. The summed E-state index contributed by atoms with van der Waals surface area (Å²) in [6, 6.07) is 78.3. The van der Waals surface area contributed by atoms with E-state index in [4.69, 9.17) is 9.40 Å². The Labute approximate surface area is 366 Å². The van der Waals surface area contributed by atoms with Crippen LogP contribution in [-0.2, 0) is 0 Å². The molecular weight excluding hydrogens is 781 g/mol. The minimum absolute atomic E-state index is 0.866. The Kier molecular flexibility index (Phi) is 7.33. The highest BCUT2D eigenvalue weighted by atomic mass is 16.3. The summed E-state index contributed by atoms with van der Waals surface area (Å²) < 4.78 is 13.6. The van der Waals surface area contributed by atoms with Crippen LogP contribution in [0.2, 0.25) is 0 Å². The van der Waals surface area contributed by atoms with Crippen molar-refractivity contribution < 1.29 is 4.42 Å². The number of rotatable bonds is 5. The second-order valence-electron chi connectivity index (χ2n) is 16.7. The fraction of sp³-hybridized carbons (Fsp3) is 0. The Bertz CT molecular complexity index is 4190. The maximum atomic E-state index is 6.54. The molecule has 0 unspecified atom stereocenters. The average molecular weight is 817 g/mol.